The van der Waals surface area contributed by atoms with E-state index in [-0.39, 0.29) is 6.09 Å². The summed E-state index contributed by atoms with van der Waals surface area (Å²) in [6, 6.07) is 12.8. The van der Waals surface area contributed by atoms with E-state index in [4.69, 9.17) is 4.74 Å². The minimum absolute atomic E-state index is 0.151. The Balaban J connectivity index is 1.30. The van der Waals surface area contributed by atoms with Crippen molar-refractivity contribution in [1.82, 2.24) is 14.7 Å². The van der Waals surface area contributed by atoms with Gasteiger partial charge in [-0.1, -0.05) is 30.3 Å². The molecule has 1 aromatic rings. The molecule has 2 atom stereocenters. The number of hydrogen-bond acceptors (Lipinski definition) is 4. The van der Waals surface area contributed by atoms with Crippen LogP contribution >= 0.6 is 0 Å². The Morgan fingerprint density at radius 3 is 2.14 bits per heavy atom. The van der Waals surface area contributed by atoms with Gasteiger partial charge in [-0.2, -0.15) is 0 Å². The molecule has 2 bridgehead atoms. The number of ether oxygens (including phenoxy) is 1. The summed E-state index contributed by atoms with van der Waals surface area (Å²) in [5.41, 5.74) is 1.00. The van der Waals surface area contributed by atoms with E-state index < -0.39 is 5.60 Å². The maximum absolute atomic E-state index is 12.3. The highest BCUT2D eigenvalue weighted by atomic mass is 16.6. The summed E-state index contributed by atoms with van der Waals surface area (Å²) in [5.74, 6) is 0. The maximum Gasteiger partial charge on any atom is 0.410 e. The highest BCUT2D eigenvalue weighted by molar-refractivity contribution is 5.68. The Kier molecular flexibility index (Phi) is 5.66. The number of piperazine rings is 1. The molecule has 0 saturated carbocycles. The zero-order chi connectivity index (χ0) is 19.7. The number of benzene rings is 1. The van der Waals surface area contributed by atoms with E-state index in [9.17, 15) is 4.79 Å². The van der Waals surface area contributed by atoms with Gasteiger partial charge in [0.25, 0.3) is 0 Å². The third-order valence-electron chi connectivity index (χ3n) is 6.40. The molecule has 3 fully saturated rings. The molecular weight excluding hydrogens is 350 g/mol. The fourth-order valence-electron chi connectivity index (χ4n) is 5.26. The van der Waals surface area contributed by atoms with Gasteiger partial charge < -0.3 is 9.64 Å². The molecule has 0 unspecified atom stereocenters. The van der Waals surface area contributed by atoms with Crippen LogP contribution in [0.2, 0.25) is 0 Å². The van der Waals surface area contributed by atoms with Crippen molar-refractivity contribution in [3.05, 3.63) is 35.9 Å². The molecule has 5 heteroatoms. The molecule has 0 radical (unpaired) electrons. The topological polar surface area (TPSA) is 36.0 Å². The Morgan fingerprint density at radius 1 is 0.964 bits per heavy atom. The normalized spacial score (nSPS) is 27.2. The molecule has 3 saturated heterocycles. The van der Waals surface area contributed by atoms with Gasteiger partial charge in [0.2, 0.25) is 0 Å². The molecule has 1 aromatic carbocycles. The number of piperidine rings is 1. The quantitative estimate of drug-likeness (QED) is 0.794. The highest BCUT2D eigenvalue weighted by Gasteiger charge is 2.44. The molecule has 0 aliphatic carbocycles. The average molecular weight is 386 g/mol. The molecule has 28 heavy (non-hydrogen) atoms. The van der Waals surface area contributed by atoms with Crippen molar-refractivity contribution in [1.29, 1.82) is 0 Å². The molecule has 0 spiro atoms. The van der Waals surface area contributed by atoms with Gasteiger partial charge in [0, 0.05) is 50.8 Å². The first-order valence-corrected chi connectivity index (χ1v) is 10.9. The fraction of sp³-hybridized carbons (Fsp3) is 0.696. The first kappa shape index (κ1) is 19.7. The van der Waals surface area contributed by atoms with E-state index >= 15 is 0 Å². The van der Waals surface area contributed by atoms with Gasteiger partial charge >= 0.3 is 6.09 Å². The van der Waals surface area contributed by atoms with Crippen LogP contribution < -0.4 is 0 Å². The fourth-order valence-corrected chi connectivity index (χ4v) is 5.26. The van der Waals surface area contributed by atoms with Crippen molar-refractivity contribution in [2.75, 3.05) is 26.2 Å². The van der Waals surface area contributed by atoms with E-state index in [1.165, 1.54) is 31.5 Å². The number of nitrogens with zero attached hydrogens (tertiary/aromatic N) is 3. The molecule has 0 aromatic heterocycles. The molecule has 0 N–H and O–H groups in total. The van der Waals surface area contributed by atoms with Gasteiger partial charge in [-0.3, -0.25) is 9.80 Å². The maximum atomic E-state index is 12.3. The van der Waals surface area contributed by atoms with Crippen LogP contribution in [0.25, 0.3) is 0 Å². The average Bonchev–Trinajstić information content (AvgIpc) is 2.92. The summed E-state index contributed by atoms with van der Waals surface area (Å²) >= 11 is 0. The van der Waals surface area contributed by atoms with Gasteiger partial charge in [-0.25, -0.2) is 4.79 Å². The van der Waals surface area contributed by atoms with E-state index in [2.05, 4.69) is 40.1 Å². The summed E-state index contributed by atoms with van der Waals surface area (Å²) in [5, 5.41) is 0. The molecule has 154 valence electrons. The molecule has 1 amide bonds. The predicted octanol–water partition coefficient (Wildman–Crippen LogP) is 3.73. The summed E-state index contributed by atoms with van der Waals surface area (Å²) < 4.78 is 5.55. The second-order valence-electron chi connectivity index (χ2n) is 9.71. The van der Waals surface area contributed by atoms with Crippen LogP contribution in [0.3, 0.4) is 0 Å². The minimum atomic E-state index is -0.415. The second kappa shape index (κ2) is 8.03. The molecule has 3 aliphatic rings. The number of hydrogen-bond donors (Lipinski definition) is 0. The Labute approximate surface area is 169 Å². The van der Waals surface area contributed by atoms with E-state index in [0.717, 1.165) is 32.5 Å². The monoisotopic (exact) mass is 385 g/mol. The molecule has 3 heterocycles. The van der Waals surface area contributed by atoms with Crippen molar-refractivity contribution in [3.63, 3.8) is 0 Å². The van der Waals surface area contributed by atoms with Crippen LogP contribution in [-0.2, 0) is 11.3 Å². The summed E-state index contributed by atoms with van der Waals surface area (Å²) in [7, 11) is 0. The Hall–Kier alpha value is -1.59. The molecular formula is C23H35N3O2. The van der Waals surface area contributed by atoms with E-state index in [0.29, 0.717) is 18.1 Å². The van der Waals surface area contributed by atoms with Crippen molar-refractivity contribution in [2.45, 2.75) is 76.7 Å². The van der Waals surface area contributed by atoms with Crippen molar-refractivity contribution < 1.29 is 9.53 Å². The van der Waals surface area contributed by atoms with Crippen molar-refractivity contribution in [3.8, 4) is 0 Å². The highest BCUT2D eigenvalue weighted by Crippen LogP contribution is 2.35. The third kappa shape index (κ3) is 4.52. The van der Waals surface area contributed by atoms with Crippen LogP contribution in [0.4, 0.5) is 4.79 Å². The predicted molar refractivity (Wildman–Crippen MR) is 111 cm³/mol. The number of carbonyl (C=O) groups excluding carboxylic acids is 1. The lowest BCUT2D eigenvalue weighted by atomic mass is 9.99. The third-order valence-corrected chi connectivity index (χ3v) is 6.40. The molecule has 5 nitrogen and oxygen atoms in total. The number of amides is 1. The van der Waals surface area contributed by atoms with Crippen LogP contribution in [0.1, 0.15) is 52.0 Å². The lowest BCUT2D eigenvalue weighted by Crippen LogP contribution is -2.59. The first-order valence-electron chi connectivity index (χ1n) is 10.9. The summed E-state index contributed by atoms with van der Waals surface area (Å²) in [4.78, 5) is 19.7. The van der Waals surface area contributed by atoms with Crippen LogP contribution in [-0.4, -0.2) is 70.7 Å². The van der Waals surface area contributed by atoms with Gasteiger partial charge in [0.1, 0.15) is 5.60 Å². The minimum Gasteiger partial charge on any atom is -0.444 e. The van der Waals surface area contributed by atoms with Crippen molar-refractivity contribution in [2.24, 2.45) is 0 Å². The van der Waals surface area contributed by atoms with E-state index in [1.54, 1.807) is 0 Å². The first-order chi connectivity index (χ1) is 13.4. The molecule has 4 rings (SSSR count). The standard InChI is InChI=1S/C23H35N3O2/c1-23(2,3)28-22(27)25-13-11-19(12-14-25)26-20-9-10-21(26)17-24(16-20)15-18-7-5-4-6-8-18/h4-8,19-21H,9-17H2,1-3H3/t20-,21+. The zero-order valence-electron chi connectivity index (χ0n) is 17.6. The molecule has 3 aliphatic heterocycles. The van der Waals surface area contributed by atoms with E-state index in [1.807, 2.05) is 25.7 Å². The lowest BCUT2D eigenvalue weighted by molar-refractivity contribution is -0.00795. The summed E-state index contributed by atoms with van der Waals surface area (Å²) in [6.07, 6.45) is 4.64. The zero-order valence-corrected chi connectivity index (χ0v) is 17.6. The lowest BCUT2D eigenvalue weighted by Gasteiger charge is -2.47. The van der Waals surface area contributed by atoms with Crippen molar-refractivity contribution >= 4 is 6.09 Å². The Bertz CT molecular complexity index is 650. The number of rotatable bonds is 3. The smallest absolute Gasteiger partial charge is 0.410 e. The largest absolute Gasteiger partial charge is 0.444 e. The SMILES string of the molecule is CC(C)(C)OC(=O)N1CCC(N2[C@@H]3CC[C@H]2CN(Cc2ccccc2)C3)CC1. The van der Waals surface area contributed by atoms with Crippen LogP contribution in [0.15, 0.2) is 30.3 Å². The van der Waals surface area contributed by atoms with Crippen LogP contribution in [0.5, 0.6) is 0 Å². The van der Waals surface area contributed by atoms with Gasteiger partial charge in [-0.15, -0.1) is 0 Å². The second-order valence-corrected chi connectivity index (χ2v) is 9.71. The van der Waals surface area contributed by atoms with Gasteiger partial charge in [0.15, 0.2) is 0 Å². The van der Waals surface area contributed by atoms with Gasteiger partial charge in [-0.05, 0) is 52.0 Å². The number of carbonyl (C=O) groups is 1. The number of fused-ring (bicyclic) bond motifs is 2. The van der Waals surface area contributed by atoms with Crippen LogP contribution in [0, 0.1) is 0 Å². The number of likely N-dealkylation sites (tertiary alicyclic amines) is 2. The Morgan fingerprint density at radius 2 is 1.57 bits per heavy atom. The summed E-state index contributed by atoms with van der Waals surface area (Å²) in [6.45, 7) is 10.9. The van der Waals surface area contributed by atoms with Gasteiger partial charge in [0.05, 0.1) is 0 Å².